The van der Waals surface area contributed by atoms with E-state index in [0.29, 0.717) is 0 Å². The van der Waals surface area contributed by atoms with E-state index in [1.165, 1.54) is 26.2 Å². The van der Waals surface area contributed by atoms with Crippen LogP contribution in [-0.4, -0.2) is 42.8 Å². The molecule has 0 radical (unpaired) electrons. The maximum Gasteiger partial charge on any atom is 0.313 e. The summed E-state index contributed by atoms with van der Waals surface area (Å²) < 4.78 is 4.97. The van der Waals surface area contributed by atoms with Gasteiger partial charge in [0.1, 0.15) is 5.75 Å². The molecular weight excluding hydrogens is 308 g/mol. The van der Waals surface area contributed by atoms with E-state index in [1.54, 1.807) is 0 Å². The van der Waals surface area contributed by atoms with Gasteiger partial charge in [-0.1, -0.05) is 0 Å². The number of non-ortho nitro benzene ring substituents is 1. The van der Waals surface area contributed by atoms with Gasteiger partial charge in [0.25, 0.3) is 5.69 Å². The Bertz CT molecular complexity index is 631. The summed E-state index contributed by atoms with van der Waals surface area (Å²) in [6.07, 6.45) is 0. The summed E-state index contributed by atoms with van der Waals surface area (Å²) in [5.41, 5.74) is -0.254. The number of methoxy groups -OCH3 is 1. The second kappa shape index (κ2) is 8.32. The van der Waals surface area contributed by atoms with E-state index >= 15 is 0 Å². The quantitative estimate of drug-likeness (QED) is 0.286. The maximum absolute atomic E-state index is 11.8. The van der Waals surface area contributed by atoms with Gasteiger partial charge in [0, 0.05) is 32.1 Å². The third-order valence-corrected chi connectivity index (χ3v) is 2.63. The molecule has 0 unspecified atom stereocenters. The summed E-state index contributed by atoms with van der Waals surface area (Å²) in [7, 11) is 1.32. The molecule has 0 spiro atoms. The SMILES string of the molecule is COc1ccc([N+](=O)[O-])cc1NC(=O)C(=O)NCCNC(C)=O. The fraction of sp³-hybridized carbons (Fsp3) is 0.308. The smallest absolute Gasteiger partial charge is 0.313 e. The van der Waals surface area contributed by atoms with Crippen LogP contribution in [0.2, 0.25) is 0 Å². The highest BCUT2D eigenvalue weighted by Crippen LogP contribution is 2.28. The van der Waals surface area contributed by atoms with Crippen LogP contribution in [0.1, 0.15) is 6.92 Å². The Morgan fingerprint density at radius 1 is 1.17 bits per heavy atom. The molecule has 0 heterocycles. The van der Waals surface area contributed by atoms with Gasteiger partial charge in [0.15, 0.2) is 0 Å². The van der Waals surface area contributed by atoms with Crippen molar-refractivity contribution in [2.75, 3.05) is 25.5 Å². The van der Waals surface area contributed by atoms with E-state index in [2.05, 4.69) is 16.0 Å². The number of carbonyl (C=O) groups is 3. The van der Waals surface area contributed by atoms with Crippen LogP contribution in [0, 0.1) is 10.1 Å². The van der Waals surface area contributed by atoms with Crippen molar-refractivity contribution >= 4 is 29.1 Å². The number of nitro benzene ring substituents is 1. The zero-order valence-corrected chi connectivity index (χ0v) is 12.5. The molecule has 3 N–H and O–H groups in total. The van der Waals surface area contributed by atoms with E-state index < -0.39 is 16.7 Å². The number of hydrogen-bond acceptors (Lipinski definition) is 6. The predicted molar refractivity (Wildman–Crippen MR) is 80.0 cm³/mol. The van der Waals surface area contributed by atoms with E-state index in [-0.39, 0.29) is 36.1 Å². The van der Waals surface area contributed by atoms with Gasteiger partial charge < -0.3 is 20.7 Å². The molecule has 0 aliphatic rings. The molecule has 0 aromatic heterocycles. The zero-order valence-electron chi connectivity index (χ0n) is 12.5. The summed E-state index contributed by atoms with van der Waals surface area (Å²) >= 11 is 0. The Morgan fingerprint density at radius 2 is 1.83 bits per heavy atom. The Kier molecular flexibility index (Phi) is 6.46. The number of rotatable bonds is 6. The number of hydrogen-bond donors (Lipinski definition) is 3. The number of amides is 3. The minimum Gasteiger partial charge on any atom is -0.495 e. The monoisotopic (exact) mass is 324 g/mol. The first-order valence-electron chi connectivity index (χ1n) is 6.51. The fourth-order valence-electron chi connectivity index (χ4n) is 1.58. The second-order valence-corrected chi connectivity index (χ2v) is 4.33. The number of ether oxygens (including phenoxy) is 1. The maximum atomic E-state index is 11.8. The molecule has 1 aromatic carbocycles. The normalized spacial score (nSPS) is 9.65. The first-order chi connectivity index (χ1) is 10.8. The van der Waals surface area contributed by atoms with Crippen molar-refractivity contribution in [1.29, 1.82) is 0 Å². The van der Waals surface area contributed by atoms with Gasteiger partial charge in [0.05, 0.1) is 17.7 Å². The van der Waals surface area contributed by atoms with E-state index in [1.807, 2.05) is 0 Å². The Labute approximate surface area is 131 Å². The molecule has 0 aliphatic carbocycles. The first kappa shape index (κ1) is 17.9. The third-order valence-electron chi connectivity index (χ3n) is 2.63. The van der Waals surface area contributed by atoms with Gasteiger partial charge in [0.2, 0.25) is 5.91 Å². The number of nitrogens with one attached hydrogen (secondary N) is 3. The minimum atomic E-state index is -1.01. The Balaban J connectivity index is 2.68. The molecule has 124 valence electrons. The van der Waals surface area contributed by atoms with Crippen LogP contribution in [0.3, 0.4) is 0 Å². The third kappa shape index (κ3) is 5.61. The number of carbonyl (C=O) groups excluding carboxylic acids is 3. The van der Waals surface area contributed by atoms with Crippen LogP contribution < -0.4 is 20.7 Å². The molecular formula is C13H16N4O6. The van der Waals surface area contributed by atoms with Crippen molar-refractivity contribution < 1.29 is 24.0 Å². The van der Waals surface area contributed by atoms with Gasteiger partial charge in [-0.2, -0.15) is 0 Å². The lowest BCUT2D eigenvalue weighted by molar-refractivity contribution is -0.384. The summed E-state index contributed by atoms with van der Waals surface area (Å²) in [4.78, 5) is 44.1. The van der Waals surface area contributed by atoms with Crippen LogP contribution in [0.4, 0.5) is 11.4 Å². The van der Waals surface area contributed by atoms with E-state index in [9.17, 15) is 24.5 Å². The molecule has 10 heteroatoms. The van der Waals surface area contributed by atoms with Crippen molar-refractivity contribution in [3.8, 4) is 5.75 Å². The molecule has 1 rings (SSSR count). The Morgan fingerprint density at radius 3 is 2.39 bits per heavy atom. The molecule has 0 bridgehead atoms. The standard InChI is InChI=1S/C13H16N4O6/c1-8(18)14-5-6-15-12(19)13(20)16-10-7-9(17(21)22)3-4-11(10)23-2/h3-4,7H,5-6H2,1-2H3,(H,14,18)(H,15,19)(H,16,20). The second-order valence-electron chi connectivity index (χ2n) is 4.33. The highest BCUT2D eigenvalue weighted by molar-refractivity contribution is 6.39. The molecule has 0 aliphatic heterocycles. The van der Waals surface area contributed by atoms with Crippen molar-refractivity contribution in [1.82, 2.24) is 10.6 Å². The van der Waals surface area contributed by atoms with Crippen molar-refractivity contribution in [3.63, 3.8) is 0 Å². The van der Waals surface area contributed by atoms with E-state index in [0.717, 1.165) is 6.07 Å². The Hall–Kier alpha value is -3.17. The van der Waals surface area contributed by atoms with Crippen molar-refractivity contribution in [2.45, 2.75) is 6.92 Å². The van der Waals surface area contributed by atoms with Crippen LogP contribution in [0.5, 0.6) is 5.75 Å². The number of nitro groups is 1. The van der Waals surface area contributed by atoms with Crippen molar-refractivity contribution in [3.05, 3.63) is 28.3 Å². The number of nitrogens with zero attached hydrogens (tertiary/aromatic N) is 1. The minimum absolute atomic E-state index is 0.00344. The molecule has 0 fully saturated rings. The summed E-state index contributed by atoms with van der Waals surface area (Å²) in [5.74, 6) is -2.03. The van der Waals surface area contributed by atoms with Crippen LogP contribution in [-0.2, 0) is 14.4 Å². The summed E-state index contributed by atoms with van der Waals surface area (Å²) in [6, 6.07) is 3.60. The molecule has 0 saturated carbocycles. The lowest BCUT2D eigenvalue weighted by atomic mass is 10.2. The van der Waals surface area contributed by atoms with Gasteiger partial charge in [-0.15, -0.1) is 0 Å². The van der Waals surface area contributed by atoms with Crippen LogP contribution >= 0.6 is 0 Å². The molecule has 0 saturated heterocycles. The molecule has 10 nitrogen and oxygen atoms in total. The highest BCUT2D eigenvalue weighted by atomic mass is 16.6. The lowest BCUT2D eigenvalue weighted by Gasteiger charge is -2.10. The molecule has 3 amide bonds. The molecule has 1 aromatic rings. The topological polar surface area (TPSA) is 140 Å². The molecule has 23 heavy (non-hydrogen) atoms. The van der Waals surface area contributed by atoms with Gasteiger partial charge in [-0.25, -0.2) is 0 Å². The van der Waals surface area contributed by atoms with Gasteiger partial charge in [-0.05, 0) is 6.07 Å². The first-order valence-corrected chi connectivity index (χ1v) is 6.51. The predicted octanol–water partition coefficient (Wildman–Crippen LogP) is -0.206. The summed E-state index contributed by atoms with van der Waals surface area (Å²) in [5, 5.41) is 17.7. The van der Waals surface area contributed by atoms with Crippen LogP contribution in [0.25, 0.3) is 0 Å². The summed E-state index contributed by atoms with van der Waals surface area (Å²) in [6.45, 7) is 1.56. The average Bonchev–Trinajstić information content (AvgIpc) is 2.50. The van der Waals surface area contributed by atoms with Gasteiger partial charge in [-0.3, -0.25) is 24.5 Å². The highest BCUT2D eigenvalue weighted by Gasteiger charge is 2.18. The van der Waals surface area contributed by atoms with Crippen molar-refractivity contribution in [2.24, 2.45) is 0 Å². The number of anilines is 1. The van der Waals surface area contributed by atoms with Crippen LogP contribution in [0.15, 0.2) is 18.2 Å². The number of benzene rings is 1. The largest absolute Gasteiger partial charge is 0.495 e. The van der Waals surface area contributed by atoms with Gasteiger partial charge >= 0.3 is 11.8 Å². The lowest BCUT2D eigenvalue weighted by Crippen LogP contribution is -2.39. The van der Waals surface area contributed by atoms with E-state index in [4.69, 9.17) is 4.74 Å². The fourth-order valence-corrected chi connectivity index (χ4v) is 1.58. The molecule has 0 atom stereocenters. The zero-order chi connectivity index (χ0) is 17.4. The average molecular weight is 324 g/mol.